The first kappa shape index (κ1) is 24.6. The molecule has 1 aliphatic rings. The maximum Gasteiger partial charge on any atom is 0.338 e. The Hall–Kier alpha value is -4.72. The number of hydrogen-bond acceptors (Lipinski definition) is 7. The lowest BCUT2D eigenvalue weighted by molar-refractivity contribution is -0.135. The summed E-state index contributed by atoms with van der Waals surface area (Å²) in [5, 5.41) is 0. The summed E-state index contributed by atoms with van der Waals surface area (Å²) in [7, 11) is 0. The molecule has 3 aromatic heterocycles. The van der Waals surface area contributed by atoms with Gasteiger partial charge in [-0.2, -0.15) is 0 Å². The monoisotopic (exact) mass is 521 g/mol. The number of furan rings is 2. The number of rotatable bonds is 7. The molecule has 39 heavy (non-hydrogen) atoms. The molecule has 1 amide bonds. The Morgan fingerprint density at radius 3 is 2.13 bits per heavy atom. The van der Waals surface area contributed by atoms with E-state index in [0.717, 1.165) is 19.3 Å². The summed E-state index contributed by atoms with van der Waals surface area (Å²) in [4.78, 5) is 36.8. The Balaban J connectivity index is 1.11. The fraction of sp³-hybridized carbons (Fsp3) is 0.226. The van der Waals surface area contributed by atoms with Crippen LogP contribution in [0.25, 0.3) is 33.9 Å². The number of amides is 1. The normalized spacial score (nSPS) is 14.0. The number of carbonyl (C=O) groups excluding carboxylic acids is 2. The van der Waals surface area contributed by atoms with Gasteiger partial charge in [0, 0.05) is 13.1 Å². The van der Waals surface area contributed by atoms with Crippen LogP contribution in [0.3, 0.4) is 0 Å². The number of likely N-dealkylation sites (tertiary alicyclic amines) is 1. The van der Waals surface area contributed by atoms with Gasteiger partial charge in [-0.25, -0.2) is 14.8 Å². The van der Waals surface area contributed by atoms with Gasteiger partial charge in [0.05, 0.1) is 29.1 Å². The third-order valence-electron chi connectivity index (χ3n) is 7.07. The summed E-state index contributed by atoms with van der Waals surface area (Å²) < 4.78 is 16.5. The zero-order valence-electron chi connectivity index (χ0n) is 21.3. The molecule has 4 heterocycles. The molecule has 8 heteroatoms. The molecular formula is C31H27N3O5. The van der Waals surface area contributed by atoms with Crippen molar-refractivity contribution < 1.29 is 23.2 Å². The smallest absolute Gasteiger partial charge is 0.338 e. The van der Waals surface area contributed by atoms with E-state index >= 15 is 0 Å². The van der Waals surface area contributed by atoms with Gasteiger partial charge < -0.3 is 18.5 Å². The van der Waals surface area contributed by atoms with Crippen molar-refractivity contribution in [2.24, 2.45) is 5.92 Å². The van der Waals surface area contributed by atoms with Crippen molar-refractivity contribution in [2.45, 2.75) is 19.3 Å². The molecule has 0 saturated carbocycles. The van der Waals surface area contributed by atoms with E-state index in [1.807, 2.05) is 6.07 Å². The van der Waals surface area contributed by atoms with Crippen molar-refractivity contribution in [3.63, 3.8) is 0 Å². The number of aromatic nitrogens is 2. The molecule has 6 rings (SSSR count). The van der Waals surface area contributed by atoms with Crippen molar-refractivity contribution in [1.82, 2.24) is 14.9 Å². The maximum atomic E-state index is 12.8. The van der Waals surface area contributed by atoms with Gasteiger partial charge >= 0.3 is 5.97 Å². The first-order valence-corrected chi connectivity index (χ1v) is 13.0. The highest BCUT2D eigenvalue weighted by Gasteiger charge is 2.24. The topological polar surface area (TPSA) is 98.7 Å². The van der Waals surface area contributed by atoms with Crippen LogP contribution in [0.1, 0.15) is 28.8 Å². The molecule has 0 atom stereocenters. The van der Waals surface area contributed by atoms with Crippen LogP contribution in [0.15, 0.2) is 94.2 Å². The van der Waals surface area contributed by atoms with Crippen molar-refractivity contribution in [3.8, 4) is 22.9 Å². The van der Waals surface area contributed by atoms with Gasteiger partial charge in [0.1, 0.15) is 11.4 Å². The molecule has 0 radical (unpaired) electrons. The quantitative estimate of drug-likeness (QED) is 0.250. The number of carbonyl (C=O) groups is 2. The van der Waals surface area contributed by atoms with Crippen LogP contribution in [-0.4, -0.2) is 46.4 Å². The average Bonchev–Trinajstić information content (AvgIpc) is 3.71. The van der Waals surface area contributed by atoms with Gasteiger partial charge in [-0.15, -0.1) is 0 Å². The summed E-state index contributed by atoms with van der Waals surface area (Å²) in [6.45, 7) is 1.06. The van der Waals surface area contributed by atoms with Crippen LogP contribution >= 0.6 is 0 Å². The molecule has 0 spiro atoms. The second-order valence-corrected chi connectivity index (χ2v) is 9.67. The lowest BCUT2D eigenvalue weighted by Crippen LogP contribution is -2.41. The molecular weight excluding hydrogens is 494 g/mol. The standard InChI is InChI=1S/C31H27N3O5/c35-28(34-14-12-22(13-15-34)18-21-6-2-1-3-7-21)20-39-31(36)23-10-11-24-25(19-23)33-30(27-9-5-17-38-27)29(32-24)26-8-4-16-37-26/h1-11,16-17,19,22H,12-15,18,20H2. The third kappa shape index (κ3) is 5.45. The Kier molecular flexibility index (Phi) is 6.91. The molecule has 1 saturated heterocycles. The predicted molar refractivity (Wildman–Crippen MR) is 145 cm³/mol. The Morgan fingerprint density at radius 2 is 1.49 bits per heavy atom. The molecule has 1 aliphatic heterocycles. The Morgan fingerprint density at radius 1 is 0.821 bits per heavy atom. The van der Waals surface area contributed by atoms with E-state index in [2.05, 4.69) is 24.3 Å². The Labute approximate surface area is 225 Å². The van der Waals surface area contributed by atoms with Crippen molar-refractivity contribution in [2.75, 3.05) is 19.7 Å². The SMILES string of the molecule is O=C(OCC(=O)N1CCC(Cc2ccccc2)CC1)c1ccc2nc(-c3ccco3)c(-c3ccco3)nc2c1. The highest BCUT2D eigenvalue weighted by molar-refractivity contribution is 5.95. The van der Waals surface area contributed by atoms with Crippen LogP contribution in [0.4, 0.5) is 0 Å². The fourth-order valence-electron chi connectivity index (χ4n) is 4.99. The second kappa shape index (κ2) is 10.9. The van der Waals surface area contributed by atoms with Crippen molar-refractivity contribution in [1.29, 1.82) is 0 Å². The summed E-state index contributed by atoms with van der Waals surface area (Å²) in [6.07, 6.45) is 6.03. The minimum Gasteiger partial charge on any atom is -0.463 e. The summed E-state index contributed by atoms with van der Waals surface area (Å²) in [5.41, 5.74) is 3.74. The minimum atomic E-state index is -0.583. The van der Waals surface area contributed by atoms with Crippen LogP contribution in [-0.2, 0) is 16.0 Å². The van der Waals surface area contributed by atoms with Gasteiger partial charge in [-0.1, -0.05) is 30.3 Å². The molecule has 5 aromatic rings. The van der Waals surface area contributed by atoms with E-state index in [9.17, 15) is 9.59 Å². The lowest BCUT2D eigenvalue weighted by atomic mass is 9.90. The van der Waals surface area contributed by atoms with E-state index in [-0.39, 0.29) is 12.5 Å². The molecule has 0 aliphatic carbocycles. The van der Waals surface area contributed by atoms with Gasteiger partial charge in [-0.05, 0) is 73.2 Å². The molecule has 2 aromatic carbocycles. The van der Waals surface area contributed by atoms with E-state index in [4.69, 9.17) is 23.5 Å². The highest BCUT2D eigenvalue weighted by Crippen LogP contribution is 2.31. The number of benzene rings is 2. The first-order chi connectivity index (χ1) is 19.1. The largest absolute Gasteiger partial charge is 0.463 e. The number of hydrogen-bond donors (Lipinski definition) is 0. The second-order valence-electron chi connectivity index (χ2n) is 9.67. The van der Waals surface area contributed by atoms with E-state index in [1.54, 1.807) is 59.9 Å². The number of fused-ring (bicyclic) bond motifs is 1. The lowest BCUT2D eigenvalue weighted by Gasteiger charge is -2.32. The van der Waals surface area contributed by atoms with Gasteiger partial charge in [0.25, 0.3) is 5.91 Å². The van der Waals surface area contributed by atoms with Gasteiger partial charge in [0.15, 0.2) is 18.1 Å². The fourth-order valence-corrected chi connectivity index (χ4v) is 4.99. The van der Waals surface area contributed by atoms with Gasteiger partial charge in [-0.3, -0.25) is 4.79 Å². The summed E-state index contributed by atoms with van der Waals surface area (Å²) >= 11 is 0. The Bertz CT molecular complexity index is 1570. The average molecular weight is 522 g/mol. The van der Waals surface area contributed by atoms with E-state index < -0.39 is 5.97 Å². The van der Waals surface area contributed by atoms with Crippen molar-refractivity contribution >= 4 is 22.9 Å². The van der Waals surface area contributed by atoms with E-state index in [1.165, 1.54) is 5.56 Å². The third-order valence-corrected chi connectivity index (χ3v) is 7.07. The first-order valence-electron chi connectivity index (χ1n) is 13.0. The van der Waals surface area contributed by atoms with Gasteiger partial charge in [0.2, 0.25) is 0 Å². The number of ether oxygens (including phenoxy) is 1. The van der Waals surface area contributed by atoms with Crippen LogP contribution < -0.4 is 0 Å². The molecule has 196 valence electrons. The molecule has 0 N–H and O–H groups in total. The van der Waals surface area contributed by atoms with Crippen LogP contribution in [0.5, 0.6) is 0 Å². The molecule has 1 fully saturated rings. The molecule has 8 nitrogen and oxygen atoms in total. The number of nitrogens with zero attached hydrogens (tertiary/aromatic N) is 3. The summed E-state index contributed by atoms with van der Waals surface area (Å²) in [6, 6.07) is 22.5. The van der Waals surface area contributed by atoms with E-state index in [0.29, 0.717) is 58.5 Å². The number of esters is 1. The predicted octanol–water partition coefficient (Wildman–Crippen LogP) is 5.79. The maximum absolute atomic E-state index is 12.8. The van der Waals surface area contributed by atoms with Crippen LogP contribution in [0.2, 0.25) is 0 Å². The zero-order valence-corrected chi connectivity index (χ0v) is 21.3. The van der Waals surface area contributed by atoms with Crippen LogP contribution in [0, 0.1) is 5.92 Å². The van der Waals surface area contributed by atoms with Crippen molar-refractivity contribution in [3.05, 3.63) is 96.4 Å². The highest BCUT2D eigenvalue weighted by atomic mass is 16.5. The minimum absolute atomic E-state index is 0.176. The molecule has 0 unspecified atom stereocenters. The zero-order chi connectivity index (χ0) is 26.6. The number of piperidine rings is 1. The summed E-state index contributed by atoms with van der Waals surface area (Å²) in [5.74, 6) is 0.881. The molecule has 0 bridgehead atoms.